The van der Waals surface area contributed by atoms with Gasteiger partial charge in [-0.25, -0.2) is 14.4 Å². The topological polar surface area (TPSA) is 198 Å². The van der Waals surface area contributed by atoms with Gasteiger partial charge in [0.15, 0.2) is 11.9 Å². The van der Waals surface area contributed by atoms with E-state index in [1.54, 1.807) is 109 Å². The van der Waals surface area contributed by atoms with Crippen LogP contribution in [-0.4, -0.2) is 98.7 Å². The lowest BCUT2D eigenvalue weighted by atomic mass is 9.42. The first-order chi connectivity index (χ1) is 25.6. The Morgan fingerprint density at radius 3 is 2.11 bits per heavy atom. The highest BCUT2D eigenvalue weighted by molar-refractivity contribution is 5.94. The predicted molar refractivity (Wildman–Crippen MR) is 197 cm³/mol. The minimum atomic E-state index is -2.15. The number of amides is 1. The third-order valence-corrected chi connectivity index (χ3v) is 12.7. The van der Waals surface area contributed by atoms with Crippen LogP contribution in [0.4, 0.5) is 4.79 Å². The number of alkyl carbamates (subject to hydrolysis) is 1. The molecule has 5 N–H and O–H groups in total. The molecule has 2 bridgehead atoms. The third kappa shape index (κ3) is 6.67. The van der Waals surface area contributed by atoms with Gasteiger partial charge in [0.05, 0.1) is 35.8 Å². The molecular weight excluding hydrogens is 710 g/mol. The molecule has 0 spiro atoms. The third-order valence-electron chi connectivity index (χ3n) is 12.7. The van der Waals surface area contributed by atoms with Crippen LogP contribution >= 0.6 is 0 Å². The number of carbonyl (C=O) groups excluding carboxylic acids is 4. The number of ether oxygens (including phenoxy) is 4. The molecule has 3 fully saturated rings. The first kappa shape index (κ1) is 40.5. The number of hydrogen-bond acceptors (Lipinski definition) is 12. The van der Waals surface area contributed by atoms with Crippen LogP contribution < -0.4 is 5.32 Å². The number of hydrogen-bond donors (Lipinski definition) is 5. The van der Waals surface area contributed by atoms with E-state index in [0.717, 1.165) is 0 Å². The molecule has 11 atom stereocenters. The van der Waals surface area contributed by atoms with Gasteiger partial charge in [0.25, 0.3) is 0 Å². The Morgan fingerprint density at radius 2 is 1.55 bits per heavy atom. The number of Topliss-reactive ketones (excluding diaryl/α,β-unsaturated/α-hetero) is 1. The van der Waals surface area contributed by atoms with E-state index in [0.29, 0.717) is 5.56 Å². The molecular formula is C42H53NO12. The zero-order valence-electron chi connectivity index (χ0n) is 32.6. The molecule has 0 unspecified atom stereocenters. The van der Waals surface area contributed by atoms with Gasteiger partial charge in [-0.2, -0.15) is 0 Å². The van der Waals surface area contributed by atoms with Crippen LogP contribution in [0.3, 0.4) is 0 Å². The van der Waals surface area contributed by atoms with Crippen LogP contribution in [0.1, 0.15) is 90.2 Å². The molecule has 1 saturated heterocycles. The number of benzene rings is 2. The number of esters is 2. The highest BCUT2D eigenvalue weighted by Crippen LogP contribution is 2.65. The Balaban J connectivity index is 1.45. The standard InChI is InChI=1S/C42H53NO12/c1-22-25(53-36(49)31(46)29(23-15-11-9-12-16-23)43-37(50)55-38(2,3)4)20-42(51)34(54-35(48)24-17-13-10-14-18-24)32-40(7)21-52-27(40)19-26(44)41(32,8)33(47)30(45)28(22)39(42,5)6/h9-18,25-27,29-32,34,44-46,51H,19-21H2,1-8H3,(H,43,50)/t25-,26-,27+,29-,30+,31+,32+,34-,40+,41+,42+/m0/s1. The van der Waals surface area contributed by atoms with Crippen molar-refractivity contribution in [1.29, 1.82) is 0 Å². The number of aliphatic hydroxyl groups is 4. The van der Waals surface area contributed by atoms with Crippen LogP contribution in [0, 0.1) is 22.2 Å². The summed E-state index contributed by atoms with van der Waals surface area (Å²) in [6.45, 7) is 13.4. The van der Waals surface area contributed by atoms with Crippen molar-refractivity contribution < 1.29 is 58.6 Å². The van der Waals surface area contributed by atoms with Gasteiger partial charge < -0.3 is 44.7 Å². The quantitative estimate of drug-likeness (QED) is 0.155. The fourth-order valence-electron chi connectivity index (χ4n) is 9.57. The molecule has 13 nitrogen and oxygen atoms in total. The predicted octanol–water partition coefficient (Wildman–Crippen LogP) is 3.96. The Morgan fingerprint density at radius 1 is 0.945 bits per heavy atom. The maximum Gasteiger partial charge on any atom is 0.408 e. The van der Waals surface area contributed by atoms with E-state index >= 15 is 0 Å². The summed E-state index contributed by atoms with van der Waals surface area (Å²) in [7, 11) is 0. The van der Waals surface area contributed by atoms with E-state index < -0.39 is 99.8 Å². The molecule has 0 aromatic heterocycles. The van der Waals surface area contributed by atoms with E-state index in [-0.39, 0.29) is 36.2 Å². The minimum Gasteiger partial charge on any atom is -0.456 e. The molecule has 6 rings (SSSR count). The molecule has 0 radical (unpaired) electrons. The highest BCUT2D eigenvalue weighted by atomic mass is 16.6. The molecule has 1 amide bonds. The number of fused-ring (bicyclic) bond motifs is 5. The van der Waals surface area contributed by atoms with Gasteiger partial charge in [-0.15, -0.1) is 0 Å². The largest absolute Gasteiger partial charge is 0.456 e. The van der Waals surface area contributed by atoms with Crippen LogP contribution in [0.5, 0.6) is 0 Å². The molecule has 2 saturated carbocycles. The van der Waals surface area contributed by atoms with Gasteiger partial charge in [0.2, 0.25) is 0 Å². The van der Waals surface area contributed by atoms with Gasteiger partial charge in [-0.1, -0.05) is 69.3 Å². The molecule has 1 aliphatic heterocycles. The summed E-state index contributed by atoms with van der Waals surface area (Å²) in [6.07, 6.45) is -9.80. The second-order valence-corrected chi connectivity index (χ2v) is 17.5. The van der Waals surface area contributed by atoms with Gasteiger partial charge in [-0.3, -0.25) is 4.79 Å². The fraction of sp³-hybridized carbons (Fsp3) is 0.571. The molecule has 13 heteroatoms. The summed E-state index contributed by atoms with van der Waals surface area (Å²) < 4.78 is 23.7. The zero-order chi connectivity index (χ0) is 40.5. The average Bonchev–Trinajstić information content (AvgIpc) is 3.12. The number of ketones is 1. The molecule has 298 valence electrons. The first-order valence-corrected chi connectivity index (χ1v) is 18.7. The lowest BCUT2D eigenvalue weighted by Crippen LogP contribution is -2.77. The summed E-state index contributed by atoms with van der Waals surface area (Å²) >= 11 is 0. The van der Waals surface area contributed by atoms with Crippen molar-refractivity contribution in [3.05, 3.63) is 82.9 Å². The molecule has 2 aromatic rings. The van der Waals surface area contributed by atoms with E-state index in [4.69, 9.17) is 18.9 Å². The maximum absolute atomic E-state index is 14.8. The first-order valence-electron chi connectivity index (χ1n) is 18.7. The van der Waals surface area contributed by atoms with Crippen LogP contribution in [0.2, 0.25) is 0 Å². The van der Waals surface area contributed by atoms with Gasteiger partial charge in [0.1, 0.15) is 29.5 Å². The number of aliphatic hydroxyl groups excluding tert-OH is 3. The summed E-state index contributed by atoms with van der Waals surface area (Å²) in [5.74, 6) is -3.78. The lowest BCUT2D eigenvalue weighted by molar-refractivity contribution is -0.313. The van der Waals surface area contributed by atoms with Gasteiger partial charge in [0, 0.05) is 29.6 Å². The fourth-order valence-corrected chi connectivity index (χ4v) is 9.57. The average molecular weight is 764 g/mol. The SMILES string of the molecule is CC1=C2[C@@H](O)C(=O)[C@@]3(C)[C@H]([C@H](OC(=O)c4ccccc4)[C@](O)(C[C@@H]1OC(=O)[C@H](O)[C@@H](NC(=O)OC(C)(C)C)c1ccccc1)C2(C)C)[C@]1(C)CO[C@@H]1C[C@@H]3O. The Labute approximate surface area is 321 Å². The van der Waals surface area contributed by atoms with Crippen molar-refractivity contribution in [3.63, 3.8) is 0 Å². The summed E-state index contributed by atoms with van der Waals surface area (Å²) in [5.41, 5.74) is -6.31. The van der Waals surface area contributed by atoms with Crippen LogP contribution in [0.25, 0.3) is 0 Å². The molecule has 55 heavy (non-hydrogen) atoms. The minimum absolute atomic E-state index is 0.0369. The van der Waals surface area contributed by atoms with E-state index in [1.165, 1.54) is 0 Å². The van der Waals surface area contributed by atoms with Crippen molar-refractivity contribution in [3.8, 4) is 0 Å². The van der Waals surface area contributed by atoms with Crippen LogP contribution in [-0.2, 0) is 28.5 Å². The summed E-state index contributed by atoms with van der Waals surface area (Å²) in [4.78, 5) is 55.7. The monoisotopic (exact) mass is 763 g/mol. The lowest BCUT2D eigenvalue weighted by Gasteiger charge is -2.68. The zero-order valence-corrected chi connectivity index (χ0v) is 32.6. The van der Waals surface area contributed by atoms with E-state index in [1.807, 2.05) is 6.92 Å². The summed E-state index contributed by atoms with van der Waals surface area (Å²) in [5, 5.41) is 51.3. The Hall–Kier alpha value is -4.14. The number of carbonyl (C=O) groups is 4. The maximum atomic E-state index is 14.8. The van der Waals surface area contributed by atoms with Crippen molar-refractivity contribution >= 4 is 23.8 Å². The molecule has 1 heterocycles. The van der Waals surface area contributed by atoms with Crippen molar-refractivity contribution in [2.24, 2.45) is 22.2 Å². The Kier molecular flexibility index (Phi) is 10.4. The van der Waals surface area contributed by atoms with Crippen molar-refractivity contribution in [2.75, 3.05) is 6.61 Å². The molecule has 2 aromatic carbocycles. The van der Waals surface area contributed by atoms with Gasteiger partial charge >= 0.3 is 18.0 Å². The van der Waals surface area contributed by atoms with Crippen molar-refractivity contribution in [2.45, 2.75) is 122 Å². The van der Waals surface area contributed by atoms with Crippen molar-refractivity contribution in [1.82, 2.24) is 5.32 Å². The highest BCUT2D eigenvalue weighted by Gasteiger charge is 2.75. The molecule has 4 aliphatic rings. The van der Waals surface area contributed by atoms with E-state index in [9.17, 15) is 39.6 Å². The second-order valence-electron chi connectivity index (χ2n) is 17.5. The number of rotatable bonds is 7. The second kappa shape index (κ2) is 14.1. The Bertz CT molecular complexity index is 1860. The molecule has 3 aliphatic carbocycles. The summed E-state index contributed by atoms with van der Waals surface area (Å²) in [6, 6.07) is 15.1. The van der Waals surface area contributed by atoms with Gasteiger partial charge in [-0.05, 0) is 63.5 Å². The smallest absolute Gasteiger partial charge is 0.408 e. The number of nitrogens with one attached hydrogen (secondary N) is 1. The van der Waals surface area contributed by atoms with Crippen LogP contribution in [0.15, 0.2) is 71.8 Å². The normalized spacial score (nSPS) is 35.0. The van der Waals surface area contributed by atoms with E-state index in [2.05, 4.69) is 5.32 Å².